The second-order valence-corrected chi connectivity index (χ2v) is 9.93. The van der Waals surface area contributed by atoms with Crippen molar-refractivity contribution in [3.63, 3.8) is 0 Å². The molecule has 174 valence electrons. The molecular weight excluding hydrogens is 436 g/mol. The molecule has 1 aliphatic rings. The second kappa shape index (κ2) is 11.5. The summed E-state index contributed by atoms with van der Waals surface area (Å²) < 4.78 is 0. The predicted molar refractivity (Wildman–Crippen MR) is 144 cm³/mol. The normalized spacial score (nSPS) is 15.4. The summed E-state index contributed by atoms with van der Waals surface area (Å²) >= 11 is 5.97. The highest BCUT2D eigenvalue weighted by atomic mass is 35.5. The summed E-state index contributed by atoms with van der Waals surface area (Å²) in [4.78, 5) is 4.50. The number of pyridine rings is 1. The number of halogens is 1. The van der Waals surface area contributed by atoms with Crippen LogP contribution < -0.4 is 5.73 Å². The number of aromatic nitrogens is 1. The summed E-state index contributed by atoms with van der Waals surface area (Å²) in [7, 11) is 0. The summed E-state index contributed by atoms with van der Waals surface area (Å²) in [6, 6.07) is 20.3. The van der Waals surface area contributed by atoms with Gasteiger partial charge in [-0.05, 0) is 97.0 Å². The molecule has 0 saturated heterocycles. The summed E-state index contributed by atoms with van der Waals surface area (Å²) in [6.45, 7) is 5.33. The van der Waals surface area contributed by atoms with Crippen LogP contribution in [-0.4, -0.2) is 11.5 Å². The maximum absolute atomic E-state index is 5.97. The van der Waals surface area contributed by atoms with E-state index in [4.69, 9.17) is 17.3 Å². The smallest absolute Gasteiger partial charge is 0.113 e. The van der Waals surface area contributed by atoms with E-state index in [1.54, 1.807) is 0 Å². The molecule has 1 saturated carbocycles. The molecule has 3 aromatic rings. The number of hydrogen-bond donors (Lipinski definition) is 1. The molecule has 2 aromatic carbocycles. The van der Waals surface area contributed by atoms with Crippen LogP contribution >= 0.6 is 11.6 Å². The summed E-state index contributed by atoms with van der Waals surface area (Å²) in [5.41, 5.74) is 12.3. The van der Waals surface area contributed by atoms with Gasteiger partial charge in [0.15, 0.2) is 0 Å². The molecule has 0 radical (unpaired) electrons. The Labute approximate surface area is 209 Å². The summed E-state index contributed by atoms with van der Waals surface area (Å²) in [5, 5.41) is 0.731. The Morgan fingerprint density at radius 3 is 2.35 bits per heavy atom. The standard InChI is InChI=1S/C31H33ClN2/c1-22(19-23(2)28(17-18-33)20-25-3-4-25)26-8-5-24(6-9-26)7-15-31-16-12-29(21-34-31)27-10-13-30(32)14-11-27/h5-6,8-14,16,19,21,23,25,28H,3-4,17-18,20,33H2,1-2H3/b22-19-/t23-,28?/m1/s1. The Kier molecular flexibility index (Phi) is 8.22. The summed E-state index contributed by atoms with van der Waals surface area (Å²) in [5.74, 6) is 8.59. The first kappa shape index (κ1) is 24.3. The van der Waals surface area contributed by atoms with Crippen molar-refractivity contribution in [2.24, 2.45) is 23.5 Å². The van der Waals surface area contributed by atoms with Crippen molar-refractivity contribution in [3.8, 4) is 23.0 Å². The first-order valence-corrected chi connectivity index (χ1v) is 12.6. The van der Waals surface area contributed by atoms with Gasteiger partial charge in [-0.3, -0.25) is 0 Å². The van der Waals surface area contributed by atoms with Crippen molar-refractivity contribution in [1.82, 2.24) is 4.98 Å². The molecule has 0 amide bonds. The van der Waals surface area contributed by atoms with E-state index < -0.39 is 0 Å². The lowest BCUT2D eigenvalue weighted by molar-refractivity contribution is 0.353. The van der Waals surface area contributed by atoms with Gasteiger partial charge in [-0.15, -0.1) is 0 Å². The first-order chi connectivity index (χ1) is 16.5. The number of nitrogens with zero attached hydrogens (tertiary/aromatic N) is 1. The SMILES string of the molecule is C/C(=C/[C@@H](C)C(CCN)CC1CC1)c1ccc(C#Cc2ccc(-c3ccc(Cl)cc3)cn2)cc1. The molecule has 1 fully saturated rings. The van der Waals surface area contributed by atoms with Crippen LogP contribution in [0.4, 0.5) is 0 Å². The molecule has 1 heterocycles. The molecular formula is C31H33ClN2. The van der Waals surface area contributed by atoms with Crippen LogP contribution in [0.25, 0.3) is 16.7 Å². The molecule has 2 nitrogen and oxygen atoms in total. The lowest BCUT2D eigenvalue weighted by Gasteiger charge is -2.22. The average molecular weight is 469 g/mol. The Bertz CT molecular complexity index is 1160. The van der Waals surface area contributed by atoms with Gasteiger partial charge in [0, 0.05) is 22.3 Å². The van der Waals surface area contributed by atoms with Crippen LogP contribution in [0, 0.1) is 29.6 Å². The van der Waals surface area contributed by atoms with Gasteiger partial charge >= 0.3 is 0 Å². The van der Waals surface area contributed by atoms with E-state index >= 15 is 0 Å². The van der Waals surface area contributed by atoms with Crippen molar-refractivity contribution in [2.45, 2.75) is 39.5 Å². The van der Waals surface area contributed by atoms with Gasteiger partial charge in [0.1, 0.15) is 5.69 Å². The highest BCUT2D eigenvalue weighted by molar-refractivity contribution is 6.30. The topological polar surface area (TPSA) is 38.9 Å². The molecule has 2 atom stereocenters. The number of allylic oxidation sites excluding steroid dienone is 2. The van der Waals surface area contributed by atoms with Crippen molar-refractivity contribution >= 4 is 17.2 Å². The maximum atomic E-state index is 5.97. The van der Waals surface area contributed by atoms with Gasteiger partial charge in [-0.1, -0.05) is 73.7 Å². The van der Waals surface area contributed by atoms with Crippen molar-refractivity contribution in [2.75, 3.05) is 6.54 Å². The molecule has 2 N–H and O–H groups in total. The number of nitrogens with two attached hydrogens (primary N) is 1. The van der Waals surface area contributed by atoms with Crippen LogP contribution in [0.15, 0.2) is 72.9 Å². The third kappa shape index (κ3) is 6.83. The molecule has 0 spiro atoms. The number of hydrogen-bond acceptors (Lipinski definition) is 2. The molecule has 34 heavy (non-hydrogen) atoms. The largest absolute Gasteiger partial charge is 0.330 e. The Morgan fingerprint density at radius 2 is 1.74 bits per heavy atom. The Balaban J connectivity index is 1.39. The highest BCUT2D eigenvalue weighted by Crippen LogP contribution is 2.39. The molecule has 4 rings (SSSR count). The average Bonchev–Trinajstić information content (AvgIpc) is 3.68. The van der Waals surface area contributed by atoms with E-state index in [1.807, 2.05) is 42.6 Å². The maximum Gasteiger partial charge on any atom is 0.113 e. The van der Waals surface area contributed by atoms with Crippen LogP contribution in [0.1, 0.15) is 56.4 Å². The van der Waals surface area contributed by atoms with E-state index in [2.05, 4.69) is 61.0 Å². The van der Waals surface area contributed by atoms with Gasteiger partial charge in [-0.25, -0.2) is 4.98 Å². The fourth-order valence-corrected chi connectivity index (χ4v) is 4.58. The van der Waals surface area contributed by atoms with Crippen LogP contribution in [0.3, 0.4) is 0 Å². The molecule has 1 aliphatic carbocycles. The van der Waals surface area contributed by atoms with E-state index in [-0.39, 0.29) is 0 Å². The molecule has 1 aromatic heterocycles. The Morgan fingerprint density at radius 1 is 1.03 bits per heavy atom. The first-order valence-electron chi connectivity index (χ1n) is 12.2. The zero-order chi connectivity index (χ0) is 23.9. The quantitative estimate of drug-likeness (QED) is 0.345. The lowest BCUT2D eigenvalue weighted by Crippen LogP contribution is -2.16. The lowest BCUT2D eigenvalue weighted by atomic mass is 9.84. The highest BCUT2D eigenvalue weighted by Gasteiger charge is 2.27. The van der Waals surface area contributed by atoms with Gasteiger partial charge in [0.2, 0.25) is 0 Å². The number of benzene rings is 2. The van der Waals surface area contributed by atoms with Gasteiger partial charge in [0.05, 0.1) is 0 Å². The van der Waals surface area contributed by atoms with E-state index in [9.17, 15) is 0 Å². The van der Waals surface area contributed by atoms with Crippen molar-refractivity contribution in [3.05, 3.63) is 94.8 Å². The van der Waals surface area contributed by atoms with E-state index in [1.165, 1.54) is 30.4 Å². The minimum Gasteiger partial charge on any atom is -0.330 e. The third-order valence-electron chi connectivity index (χ3n) is 6.74. The van der Waals surface area contributed by atoms with Crippen LogP contribution in [0.2, 0.25) is 5.02 Å². The second-order valence-electron chi connectivity index (χ2n) is 9.49. The van der Waals surface area contributed by atoms with Crippen molar-refractivity contribution < 1.29 is 0 Å². The van der Waals surface area contributed by atoms with E-state index in [0.29, 0.717) is 11.8 Å². The fourth-order valence-electron chi connectivity index (χ4n) is 4.45. The predicted octanol–water partition coefficient (Wildman–Crippen LogP) is 7.61. The molecule has 3 heteroatoms. The van der Waals surface area contributed by atoms with Gasteiger partial charge < -0.3 is 5.73 Å². The van der Waals surface area contributed by atoms with E-state index in [0.717, 1.165) is 46.3 Å². The molecule has 1 unspecified atom stereocenters. The van der Waals surface area contributed by atoms with Gasteiger partial charge in [0.25, 0.3) is 0 Å². The summed E-state index contributed by atoms with van der Waals surface area (Å²) in [6.07, 6.45) is 9.53. The third-order valence-corrected chi connectivity index (χ3v) is 7.00. The zero-order valence-electron chi connectivity index (χ0n) is 20.1. The fraction of sp³-hybridized carbons (Fsp3) is 0.323. The minimum absolute atomic E-state index is 0.547. The monoisotopic (exact) mass is 468 g/mol. The van der Waals surface area contributed by atoms with Gasteiger partial charge in [-0.2, -0.15) is 0 Å². The minimum atomic E-state index is 0.547. The molecule has 0 bridgehead atoms. The van der Waals surface area contributed by atoms with Crippen molar-refractivity contribution in [1.29, 1.82) is 0 Å². The molecule has 0 aliphatic heterocycles. The Hall–Kier alpha value is -2.86. The van der Waals surface area contributed by atoms with Crippen LogP contribution in [0.5, 0.6) is 0 Å². The van der Waals surface area contributed by atoms with Crippen LogP contribution in [-0.2, 0) is 0 Å². The number of rotatable bonds is 8. The zero-order valence-corrected chi connectivity index (χ0v) is 20.9.